The van der Waals surface area contributed by atoms with Crippen LogP contribution in [0, 0.1) is 28.6 Å². The fourth-order valence-corrected chi connectivity index (χ4v) is 4.78. The second-order valence-corrected chi connectivity index (χ2v) is 8.69. The Balaban J connectivity index is 1.55. The number of halogens is 3. The topological polar surface area (TPSA) is 67.6 Å². The van der Waals surface area contributed by atoms with Gasteiger partial charge in [0.1, 0.15) is 0 Å². The smallest absolute Gasteiger partial charge is 0.396 e. The predicted octanol–water partition coefficient (Wildman–Crippen LogP) is 3.02. The molecule has 2 heterocycles. The Hall–Kier alpha value is -2.27. The summed E-state index contributed by atoms with van der Waals surface area (Å²) in [5.41, 5.74) is -1.46. The van der Waals surface area contributed by atoms with E-state index in [9.17, 15) is 23.1 Å². The number of alkyl halides is 3. The van der Waals surface area contributed by atoms with Crippen molar-refractivity contribution in [1.82, 2.24) is 4.90 Å². The van der Waals surface area contributed by atoms with Crippen molar-refractivity contribution in [2.24, 2.45) is 17.3 Å². The molecule has 2 atom stereocenters. The van der Waals surface area contributed by atoms with Gasteiger partial charge >= 0.3 is 6.18 Å². The van der Waals surface area contributed by atoms with Crippen LogP contribution in [0.1, 0.15) is 36.8 Å². The number of amides is 1. The molecule has 1 N–H and O–H groups in total. The third-order valence-electron chi connectivity index (χ3n) is 6.69. The Morgan fingerprint density at radius 1 is 1.28 bits per heavy atom. The summed E-state index contributed by atoms with van der Waals surface area (Å²) in [5.74, 6) is 0.724. The molecule has 1 aliphatic carbocycles. The molecule has 3 aliphatic rings. The van der Waals surface area contributed by atoms with Crippen molar-refractivity contribution in [2.75, 3.05) is 37.7 Å². The minimum atomic E-state index is -4.60. The van der Waals surface area contributed by atoms with E-state index in [-0.39, 0.29) is 18.4 Å². The quantitative estimate of drug-likeness (QED) is 0.833. The van der Waals surface area contributed by atoms with Crippen LogP contribution in [-0.2, 0) is 11.0 Å². The normalized spacial score (nSPS) is 26.9. The number of benzene rings is 1. The highest BCUT2D eigenvalue weighted by Crippen LogP contribution is 2.45. The van der Waals surface area contributed by atoms with Crippen LogP contribution in [0.3, 0.4) is 0 Å². The molecule has 4 rings (SSSR count). The molecule has 1 aromatic rings. The lowest BCUT2D eigenvalue weighted by Gasteiger charge is -2.43. The van der Waals surface area contributed by atoms with Crippen LogP contribution in [0.25, 0.3) is 0 Å². The summed E-state index contributed by atoms with van der Waals surface area (Å²) in [7, 11) is 0. The number of fused-ring (bicyclic) bond motifs is 1. The maximum atomic E-state index is 13.3. The second kappa shape index (κ2) is 7.21. The first-order chi connectivity index (χ1) is 13.8. The lowest BCUT2D eigenvalue weighted by atomic mass is 9.74. The highest BCUT2D eigenvalue weighted by Gasteiger charge is 2.50. The molecule has 8 heteroatoms. The standard InChI is InChI=1S/C21H24F3N3O2/c22-21(23,24)18-8-17(4-3-15(18)9-25)27-10-16-5-6-26(11-20(16,12-27)13-28)19(29)7-14-1-2-14/h3-4,8,14,16,28H,1-2,5-7,10-13H2/t16-,20+/m0/s1. The van der Waals surface area contributed by atoms with Crippen molar-refractivity contribution in [1.29, 1.82) is 5.26 Å². The number of anilines is 1. The van der Waals surface area contributed by atoms with E-state index in [1.54, 1.807) is 6.07 Å². The first-order valence-corrected chi connectivity index (χ1v) is 10.0. The summed E-state index contributed by atoms with van der Waals surface area (Å²) in [6.07, 6.45) is -1.12. The van der Waals surface area contributed by atoms with E-state index in [1.807, 2.05) is 9.80 Å². The first-order valence-electron chi connectivity index (χ1n) is 10.0. The molecule has 0 spiro atoms. The maximum absolute atomic E-state index is 13.3. The second-order valence-electron chi connectivity index (χ2n) is 8.69. The van der Waals surface area contributed by atoms with Crippen LogP contribution in [-0.4, -0.2) is 48.7 Å². The van der Waals surface area contributed by atoms with Crippen molar-refractivity contribution in [2.45, 2.75) is 31.9 Å². The summed E-state index contributed by atoms with van der Waals surface area (Å²) in [5, 5.41) is 19.2. The lowest BCUT2D eigenvalue weighted by Crippen LogP contribution is -2.52. The van der Waals surface area contributed by atoms with E-state index in [2.05, 4.69) is 0 Å². The highest BCUT2D eigenvalue weighted by molar-refractivity contribution is 5.77. The van der Waals surface area contributed by atoms with Gasteiger partial charge in [-0.1, -0.05) is 0 Å². The Morgan fingerprint density at radius 2 is 2.03 bits per heavy atom. The molecule has 0 bridgehead atoms. The van der Waals surface area contributed by atoms with Gasteiger partial charge in [-0.3, -0.25) is 4.79 Å². The molecule has 29 heavy (non-hydrogen) atoms. The van der Waals surface area contributed by atoms with E-state index >= 15 is 0 Å². The molecule has 2 aliphatic heterocycles. The molecule has 0 radical (unpaired) electrons. The number of hydrogen-bond acceptors (Lipinski definition) is 4. The zero-order valence-corrected chi connectivity index (χ0v) is 16.1. The number of likely N-dealkylation sites (tertiary alicyclic amines) is 1. The van der Waals surface area contributed by atoms with Gasteiger partial charge in [-0.25, -0.2) is 0 Å². The molecular formula is C21H24F3N3O2. The molecule has 0 aromatic heterocycles. The Kier molecular flexibility index (Phi) is 4.97. The minimum absolute atomic E-state index is 0.107. The van der Waals surface area contributed by atoms with Gasteiger partial charge in [-0.05, 0) is 49.3 Å². The van der Waals surface area contributed by atoms with Crippen LogP contribution in [0.2, 0.25) is 0 Å². The van der Waals surface area contributed by atoms with E-state index in [4.69, 9.17) is 5.26 Å². The van der Waals surface area contributed by atoms with Crippen molar-refractivity contribution in [3.8, 4) is 6.07 Å². The SMILES string of the molecule is N#Cc1ccc(N2C[C@@H]3CCN(C(=O)CC4CC4)C[C@]3(CO)C2)cc1C(F)(F)F. The number of nitrogens with zero attached hydrogens (tertiary/aromatic N) is 3. The average Bonchev–Trinajstić information content (AvgIpc) is 3.42. The summed E-state index contributed by atoms with van der Waals surface area (Å²) in [6, 6.07) is 5.37. The highest BCUT2D eigenvalue weighted by atomic mass is 19.4. The van der Waals surface area contributed by atoms with Crippen molar-refractivity contribution in [3.05, 3.63) is 29.3 Å². The molecule has 156 valence electrons. The third kappa shape index (κ3) is 3.80. The van der Waals surface area contributed by atoms with E-state index < -0.39 is 22.7 Å². The molecule has 5 nitrogen and oxygen atoms in total. The molecule has 0 unspecified atom stereocenters. The number of hydrogen-bond donors (Lipinski definition) is 1. The fraction of sp³-hybridized carbons (Fsp3) is 0.619. The van der Waals surface area contributed by atoms with Crippen LogP contribution in [0.5, 0.6) is 0 Å². The first kappa shape index (κ1) is 20.0. The Morgan fingerprint density at radius 3 is 2.66 bits per heavy atom. The van der Waals surface area contributed by atoms with Gasteiger partial charge < -0.3 is 14.9 Å². The van der Waals surface area contributed by atoms with Gasteiger partial charge in [0, 0.05) is 43.7 Å². The number of piperidine rings is 1. The number of aliphatic hydroxyl groups excluding tert-OH is 1. The Bertz CT molecular complexity index is 847. The number of carbonyl (C=O) groups excluding carboxylic acids is 1. The average molecular weight is 407 g/mol. The molecular weight excluding hydrogens is 383 g/mol. The van der Waals surface area contributed by atoms with Crippen LogP contribution < -0.4 is 4.90 Å². The van der Waals surface area contributed by atoms with Gasteiger partial charge in [0.05, 0.1) is 23.8 Å². The number of carbonyl (C=O) groups is 1. The van der Waals surface area contributed by atoms with Crippen LogP contribution in [0.15, 0.2) is 18.2 Å². The van der Waals surface area contributed by atoms with E-state index in [1.165, 1.54) is 12.1 Å². The number of nitriles is 1. The minimum Gasteiger partial charge on any atom is -0.396 e. The van der Waals surface area contributed by atoms with Crippen molar-refractivity contribution >= 4 is 11.6 Å². The van der Waals surface area contributed by atoms with Crippen molar-refractivity contribution in [3.63, 3.8) is 0 Å². The number of aliphatic hydroxyl groups is 1. The molecule has 2 saturated heterocycles. The summed E-state index contributed by atoms with van der Waals surface area (Å²) in [6.45, 7) is 1.90. The Labute approximate surface area is 167 Å². The summed E-state index contributed by atoms with van der Waals surface area (Å²) in [4.78, 5) is 16.2. The van der Waals surface area contributed by atoms with Gasteiger partial charge in [0.15, 0.2) is 0 Å². The zero-order valence-electron chi connectivity index (χ0n) is 16.1. The summed E-state index contributed by atoms with van der Waals surface area (Å²) < 4.78 is 40.0. The van der Waals surface area contributed by atoms with Gasteiger partial charge in [-0.2, -0.15) is 18.4 Å². The van der Waals surface area contributed by atoms with Crippen molar-refractivity contribution < 1.29 is 23.1 Å². The summed E-state index contributed by atoms with van der Waals surface area (Å²) >= 11 is 0. The van der Waals surface area contributed by atoms with Gasteiger partial charge in [0.25, 0.3) is 0 Å². The number of rotatable bonds is 4. The monoisotopic (exact) mass is 407 g/mol. The predicted molar refractivity (Wildman–Crippen MR) is 99.9 cm³/mol. The van der Waals surface area contributed by atoms with Crippen LogP contribution in [0.4, 0.5) is 18.9 Å². The molecule has 3 fully saturated rings. The van der Waals surface area contributed by atoms with E-state index in [0.29, 0.717) is 44.2 Å². The third-order valence-corrected chi connectivity index (χ3v) is 6.69. The molecule has 1 aromatic carbocycles. The largest absolute Gasteiger partial charge is 0.417 e. The molecule has 1 saturated carbocycles. The fourth-order valence-electron chi connectivity index (χ4n) is 4.78. The van der Waals surface area contributed by atoms with Gasteiger partial charge in [0.2, 0.25) is 5.91 Å². The molecule has 1 amide bonds. The van der Waals surface area contributed by atoms with Crippen LogP contribution >= 0.6 is 0 Å². The van der Waals surface area contributed by atoms with E-state index in [0.717, 1.165) is 25.3 Å². The zero-order chi connectivity index (χ0) is 20.8. The maximum Gasteiger partial charge on any atom is 0.417 e. The van der Waals surface area contributed by atoms with Gasteiger partial charge in [-0.15, -0.1) is 0 Å². The lowest BCUT2D eigenvalue weighted by molar-refractivity contribution is -0.138.